The van der Waals surface area contributed by atoms with E-state index in [0.29, 0.717) is 5.56 Å². The Hall–Kier alpha value is -2.21. The Labute approximate surface area is 128 Å². The molecule has 0 saturated carbocycles. The first-order valence-electron chi connectivity index (χ1n) is 7.34. The molecule has 0 spiro atoms. The van der Waals surface area contributed by atoms with Crippen LogP contribution in [0.5, 0.6) is 0 Å². The van der Waals surface area contributed by atoms with E-state index < -0.39 is 0 Å². The van der Waals surface area contributed by atoms with Crippen LogP contribution in [0.2, 0.25) is 0 Å². The molecule has 0 atom stereocenters. The van der Waals surface area contributed by atoms with Gasteiger partial charge in [0.2, 0.25) is 0 Å². The highest BCUT2D eigenvalue weighted by Gasteiger charge is 2.23. The number of piperazine rings is 1. The fourth-order valence-corrected chi connectivity index (χ4v) is 2.64. The number of halogens is 1. The smallest absolute Gasteiger partial charge is 0.257 e. The number of carbonyl (C=O) groups is 1. The molecule has 2 heterocycles. The summed E-state index contributed by atoms with van der Waals surface area (Å²) in [6, 6.07) is 6.08. The molecule has 1 fully saturated rings. The summed E-state index contributed by atoms with van der Waals surface area (Å²) in [5, 5.41) is 4.28. The minimum Gasteiger partial charge on any atom is -0.336 e. The predicted molar refractivity (Wildman–Crippen MR) is 81.7 cm³/mol. The summed E-state index contributed by atoms with van der Waals surface area (Å²) in [6.07, 6.45) is 1.60. The minimum atomic E-state index is -0.290. The van der Waals surface area contributed by atoms with Crippen molar-refractivity contribution < 1.29 is 9.18 Å². The van der Waals surface area contributed by atoms with Gasteiger partial charge in [0.05, 0.1) is 23.1 Å². The van der Waals surface area contributed by atoms with Gasteiger partial charge in [0.15, 0.2) is 0 Å². The lowest BCUT2D eigenvalue weighted by molar-refractivity contribution is 0.0663. The summed E-state index contributed by atoms with van der Waals surface area (Å²) in [5.41, 5.74) is 2.13. The maximum absolute atomic E-state index is 13.0. The van der Waals surface area contributed by atoms with Crippen molar-refractivity contribution in [3.8, 4) is 5.69 Å². The summed E-state index contributed by atoms with van der Waals surface area (Å²) < 4.78 is 14.7. The summed E-state index contributed by atoms with van der Waals surface area (Å²) in [5.74, 6) is -0.277. The molecule has 1 aromatic heterocycles. The van der Waals surface area contributed by atoms with Crippen LogP contribution in [0.25, 0.3) is 5.69 Å². The molecule has 1 aliphatic heterocycles. The Morgan fingerprint density at radius 1 is 1.14 bits per heavy atom. The van der Waals surface area contributed by atoms with E-state index in [1.165, 1.54) is 12.1 Å². The molecule has 0 N–H and O–H groups in total. The molecule has 22 heavy (non-hydrogen) atoms. The lowest BCUT2D eigenvalue weighted by Crippen LogP contribution is -2.47. The molecular formula is C16H19FN4O. The topological polar surface area (TPSA) is 41.4 Å². The number of amides is 1. The van der Waals surface area contributed by atoms with E-state index >= 15 is 0 Å². The highest BCUT2D eigenvalue weighted by molar-refractivity contribution is 5.95. The molecule has 6 heteroatoms. The fourth-order valence-electron chi connectivity index (χ4n) is 2.64. The molecule has 1 saturated heterocycles. The first-order valence-corrected chi connectivity index (χ1v) is 7.34. The van der Waals surface area contributed by atoms with Crippen molar-refractivity contribution in [2.75, 3.05) is 33.2 Å². The monoisotopic (exact) mass is 302 g/mol. The zero-order valence-electron chi connectivity index (χ0n) is 12.8. The number of nitrogens with zero attached hydrogens (tertiary/aromatic N) is 4. The number of aromatic nitrogens is 2. The highest BCUT2D eigenvalue weighted by atomic mass is 19.1. The van der Waals surface area contributed by atoms with Crippen LogP contribution in [-0.4, -0.2) is 58.7 Å². The molecule has 1 amide bonds. The van der Waals surface area contributed by atoms with Crippen molar-refractivity contribution in [2.45, 2.75) is 6.92 Å². The normalized spacial score (nSPS) is 16.0. The number of carbonyl (C=O) groups excluding carboxylic acids is 1. The molecule has 2 aromatic rings. The van der Waals surface area contributed by atoms with Crippen molar-refractivity contribution in [3.05, 3.63) is 47.5 Å². The molecule has 116 valence electrons. The quantitative estimate of drug-likeness (QED) is 0.848. The van der Waals surface area contributed by atoms with Crippen molar-refractivity contribution in [1.29, 1.82) is 0 Å². The molecule has 1 aromatic carbocycles. The van der Waals surface area contributed by atoms with Crippen molar-refractivity contribution in [2.24, 2.45) is 0 Å². The third kappa shape index (κ3) is 2.74. The zero-order valence-corrected chi connectivity index (χ0v) is 12.8. The highest BCUT2D eigenvalue weighted by Crippen LogP contribution is 2.17. The van der Waals surface area contributed by atoms with Crippen LogP contribution < -0.4 is 0 Å². The lowest BCUT2D eigenvalue weighted by Gasteiger charge is -2.32. The maximum atomic E-state index is 13.0. The molecule has 3 rings (SSSR count). The molecule has 0 unspecified atom stereocenters. The van der Waals surface area contributed by atoms with Gasteiger partial charge >= 0.3 is 0 Å². The van der Waals surface area contributed by atoms with E-state index in [0.717, 1.165) is 37.6 Å². The molecule has 0 aliphatic carbocycles. The van der Waals surface area contributed by atoms with Crippen LogP contribution in [0.1, 0.15) is 16.1 Å². The van der Waals surface area contributed by atoms with Crippen LogP contribution >= 0.6 is 0 Å². The van der Waals surface area contributed by atoms with Crippen LogP contribution in [0.4, 0.5) is 4.39 Å². The van der Waals surface area contributed by atoms with E-state index in [-0.39, 0.29) is 11.7 Å². The molecule has 5 nitrogen and oxygen atoms in total. The number of benzene rings is 1. The summed E-state index contributed by atoms with van der Waals surface area (Å²) in [4.78, 5) is 16.7. The molecule has 0 radical (unpaired) electrons. The number of likely N-dealkylation sites (N-methyl/N-ethyl adjacent to an activating group) is 1. The van der Waals surface area contributed by atoms with Gasteiger partial charge in [-0.15, -0.1) is 0 Å². The Kier molecular flexibility index (Phi) is 3.94. The second kappa shape index (κ2) is 5.88. The summed E-state index contributed by atoms with van der Waals surface area (Å²) in [6.45, 7) is 5.10. The maximum Gasteiger partial charge on any atom is 0.257 e. The summed E-state index contributed by atoms with van der Waals surface area (Å²) >= 11 is 0. The first-order chi connectivity index (χ1) is 10.6. The Morgan fingerprint density at radius 3 is 2.41 bits per heavy atom. The fraction of sp³-hybridized carbons (Fsp3) is 0.375. The van der Waals surface area contributed by atoms with E-state index in [1.54, 1.807) is 23.0 Å². The molecule has 0 bridgehead atoms. The lowest BCUT2D eigenvalue weighted by atomic mass is 10.2. The number of hydrogen-bond acceptors (Lipinski definition) is 3. The van der Waals surface area contributed by atoms with Crippen LogP contribution in [0.3, 0.4) is 0 Å². The van der Waals surface area contributed by atoms with Gasteiger partial charge in [-0.05, 0) is 38.2 Å². The Morgan fingerprint density at radius 2 is 1.77 bits per heavy atom. The van der Waals surface area contributed by atoms with Gasteiger partial charge in [0.1, 0.15) is 5.82 Å². The van der Waals surface area contributed by atoms with Crippen molar-refractivity contribution in [3.63, 3.8) is 0 Å². The number of rotatable bonds is 2. The second-order valence-corrected chi connectivity index (χ2v) is 5.63. The van der Waals surface area contributed by atoms with Crippen molar-refractivity contribution in [1.82, 2.24) is 19.6 Å². The van der Waals surface area contributed by atoms with E-state index in [9.17, 15) is 9.18 Å². The predicted octanol–water partition coefficient (Wildman–Crippen LogP) is 1.71. The van der Waals surface area contributed by atoms with E-state index in [4.69, 9.17) is 0 Å². The Bertz CT molecular complexity index is 672. The summed E-state index contributed by atoms with van der Waals surface area (Å²) in [7, 11) is 2.06. The third-order valence-electron chi connectivity index (χ3n) is 4.10. The minimum absolute atomic E-state index is 0.0129. The van der Waals surface area contributed by atoms with E-state index in [2.05, 4.69) is 17.0 Å². The zero-order chi connectivity index (χ0) is 15.7. The average Bonchev–Trinajstić information content (AvgIpc) is 2.90. The van der Waals surface area contributed by atoms with Gasteiger partial charge in [-0.2, -0.15) is 5.10 Å². The van der Waals surface area contributed by atoms with Gasteiger partial charge in [-0.1, -0.05) is 0 Å². The van der Waals surface area contributed by atoms with Gasteiger partial charge in [0.25, 0.3) is 5.91 Å². The van der Waals surface area contributed by atoms with Crippen molar-refractivity contribution >= 4 is 5.91 Å². The van der Waals surface area contributed by atoms with Crippen LogP contribution in [0, 0.1) is 12.7 Å². The second-order valence-electron chi connectivity index (χ2n) is 5.63. The van der Waals surface area contributed by atoms with Gasteiger partial charge < -0.3 is 9.80 Å². The standard InChI is InChI=1S/C16H19FN4O/c1-12-15(16(22)20-9-7-19(2)8-10-20)11-18-21(12)14-5-3-13(17)4-6-14/h3-6,11H,7-10H2,1-2H3. The van der Waals surface area contributed by atoms with Gasteiger partial charge in [-0.3, -0.25) is 4.79 Å². The van der Waals surface area contributed by atoms with Gasteiger partial charge in [0, 0.05) is 26.2 Å². The largest absolute Gasteiger partial charge is 0.336 e. The first kappa shape index (κ1) is 14.7. The molecule has 1 aliphatic rings. The Balaban J connectivity index is 1.84. The average molecular weight is 302 g/mol. The third-order valence-corrected chi connectivity index (χ3v) is 4.10. The van der Waals surface area contributed by atoms with E-state index in [1.807, 2.05) is 11.8 Å². The molecular weight excluding hydrogens is 283 g/mol. The van der Waals surface area contributed by atoms with Gasteiger partial charge in [-0.25, -0.2) is 9.07 Å². The van der Waals surface area contributed by atoms with Crippen LogP contribution in [0.15, 0.2) is 30.5 Å². The number of hydrogen-bond donors (Lipinski definition) is 0. The SMILES string of the molecule is Cc1c(C(=O)N2CCN(C)CC2)cnn1-c1ccc(F)cc1. The van der Waals surface area contributed by atoms with Crippen LogP contribution in [-0.2, 0) is 0 Å².